The predicted octanol–water partition coefficient (Wildman–Crippen LogP) is 2.98. The maximum Gasteiger partial charge on any atom is 0.322 e. The molecule has 1 fully saturated rings. The van der Waals surface area contributed by atoms with Crippen molar-refractivity contribution in [2.24, 2.45) is 0 Å². The molecule has 1 aromatic carbocycles. The number of nitrogens with zero attached hydrogens (tertiary/aromatic N) is 1. The lowest BCUT2D eigenvalue weighted by Crippen LogP contribution is -2.59. The predicted molar refractivity (Wildman–Crippen MR) is 88.6 cm³/mol. The Morgan fingerprint density at radius 1 is 1.26 bits per heavy atom. The van der Waals surface area contributed by atoms with Gasteiger partial charge in [0.05, 0.1) is 40.0 Å². The number of nitrogens with one attached hydrogen (secondary N) is 1. The summed E-state index contributed by atoms with van der Waals surface area (Å²) >= 11 is 0. The normalized spacial score (nSPS) is 20.9. The summed E-state index contributed by atoms with van der Waals surface area (Å²) < 4.78 is 31.2. The van der Waals surface area contributed by atoms with Crippen molar-refractivity contribution in [3.63, 3.8) is 0 Å². The number of amides is 2. The molecule has 128 valence electrons. The van der Waals surface area contributed by atoms with Crippen LogP contribution >= 0.6 is 0 Å². The van der Waals surface area contributed by atoms with Crippen molar-refractivity contribution in [2.45, 2.75) is 43.8 Å². The summed E-state index contributed by atoms with van der Waals surface area (Å²) in [6.07, 6.45) is 1.41. The fourth-order valence-electron chi connectivity index (χ4n) is 2.95. The molecule has 0 saturated carbocycles. The number of carbonyl (C=O) groups is 1. The molecule has 1 saturated heterocycles. The minimum Gasteiger partial charge on any atom is -0.366 e. The Labute approximate surface area is 138 Å². The zero-order valence-corrected chi connectivity index (χ0v) is 14.9. The van der Waals surface area contributed by atoms with E-state index in [0.717, 1.165) is 0 Å². The lowest BCUT2D eigenvalue weighted by atomic mass is 9.99. The summed E-state index contributed by atoms with van der Waals surface area (Å²) in [5, 5.41) is 2.69. The van der Waals surface area contributed by atoms with Gasteiger partial charge < -0.3 is 15.0 Å². The van der Waals surface area contributed by atoms with Crippen molar-refractivity contribution in [1.82, 2.24) is 4.90 Å². The number of anilines is 1. The van der Waals surface area contributed by atoms with Crippen LogP contribution in [0.5, 0.6) is 0 Å². The highest BCUT2D eigenvalue weighted by Crippen LogP contribution is 2.28. The average molecular weight is 342 g/mol. The van der Waals surface area contributed by atoms with E-state index in [0.29, 0.717) is 18.8 Å². The van der Waals surface area contributed by atoms with E-state index in [-0.39, 0.29) is 10.9 Å². The number of rotatable bonds is 2. The maximum absolute atomic E-state index is 13.9. The van der Waals surface area contributed by atoms with Crippen LogP contribution in [-0.4, -0.2) is 45.7 Å². The molecule has 1 aliphatic rings. The molecule has 1 aromatic rings. The summed E-state index contributed by atoms with van der Waals surface area (Å²) in [6, 6.07) is 3.85. The van der Waals surface area contributed by atoms with E-state index in [1.54, 1.807) is 11.0 Å². The van der Waals surface area contributed by atoms with Gasteiger partial charge in [-0.15, -0.1) is 0 Å². The Balaban J connectivity index is 2.13. The SMILES string of the molecule is C[S@@](=O)c1ccc(NC(=O)N2CC(C)(C)OC(C)(C)C2)cc1F. The molecule has 0 spiro atoms. The molecule has 0 unspecified atom stereocenters. The second kappa shape index (κ2) is 6.20. The van der Waals surface area contributed by atoms with Crippen LogP contribution in [0.1, 0.15) is 27.7 Å². The van der Waals surface area contributed by atoms with Crippen LogP contribution < -0.4 is 5.32 Å². The van der Waals surface area contributed by atoms with Crippen molar-refractivity contribution in [3.8, 4) is 0 Å². The molecule has 2 rings (SSSR count). The van der Waals surface area contributed by atoms with Crippen LogP contribution in [0.4, 0.5) is 14.9 Å². The van der Waals surface area contributed by atoms with Crippen LogP contribution in [0.3, 0.4) is 0 Å². The zero-order chi connectivity index (χ0) is 17.4. The monoisotopic (exact) mass is 342 g/mol. The molecule has 0 aliphatic carbocycles. The highest BCUT2D eigenvalue weighted by Gasteiger charge is 2.40. The third kappa shape index (κ3) is 4.51. The molecule has 0 radical (unpaired) electrons. The van der Waals surface area contributed by atoms with Gasteiger partial charge in [-0.05, 0) is 45.9 Å². The summed E-state index contributed by atoms with van der Waals surface area (Å²) in [7, 11) is -1.40. The van der Waals surface area contributed by atoms with Gasteiger partial charge in [0, 0.05) is 11.9 Å². The first kappa shape index (κ1) is 17.9. The van der Waals surface area contributed by atoms with E-state index in [9.17, 15) is 13.4 Å². The number of ether oxygens (including phenoxy) is 1. The summed E-state index contributed by atoms with van der Waals surface area (Å²) in [5.74, 6) is -0.591. The van der Waals surface area contributed by atoms with Crippen LogP contribution in [0.25, 0.3) is 0 Å². The third-order valence-electron chi connectivity index (χ3n) is 3.48. The quantitative estimate of drug-likeness (QED) is 0.899. The highest BCUT2D eigenvalue weighted by atomic mass is 32.2. The number of hydrogen-bond donors (Lipinski definition) is 1. The van der Waals surface area contributed by atoms with Crippen LogP contribution in [-0.2, 0) is 15.5 Å². The Morgan fingerprint density at radius 3 is 2.30 bits per heavy atom. The minimum atomic E-state index is -1.40. The second-order valence-electron chi connectivity index (χ2n) is 7.01. The number of carbonyl (C=O) groups excluding carboxylic acids is 1. The van der Waals surface area contributed by atoms with E-state index in [1.165, 1.54) is 18.4 Å². The van der Waals surface area contributed by atoms with Crippen molar-refractivity contribution in [3.05, 3.63) is 24.0 Å². The van der Waals surface area contributed by atoms with Crippen molar-refractivity contribution in [2.75, 3.05) is 24.7 Å². The molecule has 23 heavy (non-hydrogen) atoms. The van der Waals surface area contributed by atoms with E-state index >= 15 is 0 Å². The molecule has 0 aromatic heterocycles. The van der Waals surface area contributed by atoms with Gasteiger partial charge in [-0.2, -0.15) is 0 Å². The Hall–Kier alpha value is -1.47. The fourth-order valence-corrected chi connectivity index (χ4v) is 3.54. The number of hydrogen-bond acceptors (Lipinski definition) is 3. The van der Waals surface area contributed by atoms with Crippen molar-refractivity contribution < 1.29 is 18.1 Å². The minimum absolute atomic E-state index is 0.122. The van der Waals surface area contributed by atoms with Gasteiger partial charge in [-0.3, -0.25) is 4.21 Å². The van der Waals surface area contributed by atoms with Crippen molar-refractivity contribution >= 4 is 22.5 Å². The number of benzene rings is 1. The number of morpholine rings is 1. The van der Waals surface area contributed by atoms with E-state index in [4.69, 9.17) is 4.74 Å². The van der Waals surface area contributed by atoms with E-state index in [1.807, 2.05) is 27.7 Å². The fraction of sp³-hybridized carbons (Fsp3) is 0.562. The smallest absolute Gasteiger partial charge is 0.322 e. The van der Waals surface area contributed by atoms with E-state index < -0.39 is 27.8 Å². The maximum atomic E-state index is 13.9. The third-order valence-corrected chi connectivity index (χ3v) is 4.43. The molecule has 2 amide bonds. The standard InChI is InChI=1S/C16H23FN2O3S/c1-15(2)9-19(10-16(3,4)22-15)14(20)18-11-6-7-13(23(5)21)12(17)8-11/h6-8H,9-10H2,1-5H3,(H,18,20)/t23-/m1/s1. The van der Waals surface area contributed by atoms with Gasteiger partial charge in [0.1, 0.15) is 5.82 Å². The molecule has 0 bridgehead atoms. The Morgan fingerprint density at radius 2 is 1.83 bits per heavy atom. The summed E-state index contributed by atoms with van der Waals surface area (Å²) in [4.78, 5) is 14.2. The highest BCUT2D eigenvalue weighted by molar-refractivity contribution is 7.84. The number of halogens is 1. The Bertz CT molecular complexity index is 630. The topological polar surface area (TPSA) is 58.6 Å². The molecular weight excluding hydrogens is 319 g/mol. The molecular formula is C16H23FN2O3S. The van der Waals surface area contributed by atoms with E-state index in [2.05, 4.69) is 5.32 Å². The van der Waals surface area contributed by atoms with Crippen LogP contribution in [0.15, 0.2) is 23.1 Å². The number of urea groups is 1. The first-order valence-electron chi connectivity index (χ1n) is 7.38. The van der Waals surface area contributed by atoms with Gasteiger partial charge in [0.2, 0.25) is 0 Å². The molecule has 1 N–H and O–H groups in total. The second-order valence-corrected chi connectivity index (χ2v) is 8.36. The first-order chi connectivity index (χ1) is 10.5. The molecule has 1 aliphatic heterocycles. The lowest BCUT2D eigenvalue weighted by Gasteiger charge is -2.46. The molecule has 1 heterocycles. The lowest BCUT2D eigenvalue weighted by molar-refractivity contribution is -0.169. The van der Waals surface area contributed by atoms with Gasteiger partial charge in [0.25, 0.3) is 0 Å². The summed E-state index contributed by atoms with van der Waals surface area (Å²) in [5.41, 5.74) is -0.565. The zero-order valence-electron chi connectivity index (χ0n) is 14.1. The van der Waals surface area contributed by atoms with Crippen LogP contribution in [0, 0.1) is 5.82 Å². The Kier molecular flexibility index (Phi) is 4.82. The van der Waals surface area contributed by atoms with Crippen molar-refractivity contribution in [1.29, 1.82) is 0 Å². The first-order valence-corrected chi connectivity index (χ1v) is 8.94. The largest absolute Gasteiger partial charge is 0.366 e. The van der Waals surface area contributed by atoms with Gasteiger partial charge in [0.15, 0.2) is 0 Å². The summed E-state index contributed by atoms with van der Waals surface area (Å²) in [6.45, 7) is 8.61. The molecule has 5 nitrogen and oxygen atoms in total. The van der Waals surface area contributed by atoms with Gasteiger partial charge in [-0.1, -0.05) is 0 Å². The average Bonchev–Trinajstić information content (AvgIpc) is 2.34. The van der Waals surface area contributed by atoms with Gasteiger partial charge in [-0.25, -0.2) is 9.18 Å². The van der Waals surface area contributed by atoms with Crippen LogP contribution in [0.2, 0.25) is 0 Å². The molecule has 7 heteroatoms. The molecule has 1 atom stereocenters. The van der Waals surface area contributed by atoms with Gasteiger partial charge >= 0.3 is 6.03 Å².